The first kappa shape index (κ1) is 22.3. The lowest BCUT2D eigenvalue weighted by molar-refractivity contribution is -0.167. The zero-order valence-corrected chi connectivity index (χ0v) is 19.4. The van der Waals surface area contributed by atoms with Crippen LogP contribution in [-0.2, 0) is 28.6 Å². The maximum Gasteiger partial charge on any atom is 0.303 e. The van der Waals surface area contributed by atoms with Gasteiger partial charge in [0.05, 0.1) is 0 Å². The highest BCUT2D eigenvalue weighted by Gasteiger charge is 2.62. The molecule has 4 aliphatic carbocycles. The van der Waals surface area contributed by atoms with E-state index in [2.05, 4.69) is 19.9 Å². The van der Waals surface area contributed by atoms with Crippen LogP contribution >= 0.6 is 0 Å². The van der Waals surface area contributed by atoms with Gasteiger partial charge in [-0.15, -0.1) is 0 Å². The minimum atomic E-state index is -0.276. The van der Waals surface area contributed by atoms with E-state index in [1.54, 1.807) is 0 Å². The molecule has 3 unspecified atom stereocenters. The van der Waals surface area contributed by atoms with Gasteiger partial charge in [-0.05, 0) is 61.9 Å². The van der Waals surface area contributed by atoms with Crippen LogP contribution < -0.4 is 0 Å². The summed E-state index contributed by atoms with van der Waals surface area (Å²) >= 11 is 0. The molecule has 0 aliphatic heterocycles. The van der Waals surface area contributed by atoms with E-state index in [-0.39, 0.29) is 53.0 Å². The van der Waals surface area contributed by atoms with Crippen molar-refractivity contribution in [2.45, 2.75) is 97.9 Å². The number of hydrogen-bond donors (Lipinski definition) is 0. The highest BCUT2D eigenvalue weighted by molar-refractivity contribution is 5.67. The SMILES string of the molecule is CC(=O)O[C@H]1CC[C@@]2(C)C(=C[C@H](OC(C)=O)C3C2CC[C@@]2(C)C3CC[C@@H]2OC(C)=O)C1. The zero-order valence-electron chi connectivity index (χ0n) is 19.4. The molecule has 6 heteroatoms. The fourth-order valence-corrected chi connectivity index (χ4v) is 7.57. The van der Waals surface area contributed by atoms with Crippen molar-refractivity contribution in [2.75, 3.05) is 0 Å². The van der Waals surface area contributed by atoms with Crippen molar-refractivity contribution in [3.63, 3.8) is 0 Å². The lowest BCUT2D eigenvalue weighted by Crippen LogP contribution is -2.56. The van der Waals surface area contributed by atoms with Crippen LogP contribution in [0.3, 0.4) is 0 Å². The molecule has 0 N–H and O–H groups in total. The van der Waals surface area contributed by atoms with Gasteiger partial charge in [0, 0.05) is 38.5 Å². The molecule has 4 rings (SSSR count). The molecule has 0 saturated heterocycles. The van der Waals surface area contributed by atoms with Gasteiger partial charge in [-0.3, -0.25) is 14.4 Å². The van der Waals surface area contributed by atoms with Gasteiger partial charge < -0.3 is 14.2 Å². The second-order valence-electron chi connectivity index (χ2n) is 10.7. The maximum absolute atomic E-state index is 12.0. The molecule has 4 aliphatic rings. The molecule has 31 heavy (non-hydrogen) atoms. The van der Waals surface area contributed by atoms with Crippen LogP contribution in [0, 0.1) is 28.6 Å². The third-order valence-corrected chi connectivity index (χ3v) is 8.92. The first-order chi connectivity index (χ1) is 14.5. The predicted octanol–water partition coefficient (Wildman–Crippen LogP) is 4.35. The molecule has 8 atom stereocenters. The van der Waals surface area contributed by atoms with Crippen molar-refractivity contribution in [1.82, 2.24) is 0 Å². The van der Waals surface area contributed by atoms with Crippen molar-refractivity contribution in [3.8, 4) is 0 Å². The van der Waals surface area contributed by atoms with E-state index in [1.807, 2.05) is 0 Å². The fourth-order valence-electron chi connectivity index (χ4n) is 7.57. The van der Waals surface area contributed by atoms with Crippen molar-refractivity contribution < 1.29 is 28.6 Å². The average molecular weight is 433 g/mol. The topological polar surface area (TPSA) is 78.9 Å². The number of carbonyl (C=O) groups excluding carboxylic acids is 3. The van der Waals surface area contributed by atoms with E-state index in [9.17, 15) is 14.4 Å². The van der Waals surface area contributed by atoms with E-state index in [1.165, 1.54) is 26.3 Å². The molecular formula is C25H36O6. The highest BCUT2D eigenvalue weighted by atomic mass is 16.6. The number of fused-ring (bicyclic) bond motifs is 5. The van der Waals surface area contributed by atoms with E-state index in [4.69, 9.17) is 14.2 Å². The predicted molar refractivity (Wildman–Crippen MR) is 114 cm³/mol. The summed E-state index contributed by atoms with van der Waals surface area (Å²) in [7, 11) is 0. The summed E-state index contributed by atoms with van der Waals surface area (Å²) in [6, 6.07) is 0. The number of ether oxygens (including phenoxy) is 3. The van der Waals surface area contributed by atoms with Crippen molar-refractivity contribution in [1.29, 1.82) is 0 Å². The van der Waals surface area contributed by atoms with Gasteiger partial charge in [-0.1, -0.05) is 19.4 Å². The first-order valence-electron chi connectivity index (χ1n) is 11.8. The smallest absolute Gasteiger partial charge is 0.303 e. The van der Waals surface area contributed by atoms with Gasteiger partial charge in [0.1, 0.15) is 18.3 Å². The number of carbonyl (C=O) groups is 3. The zero-order chi connectivity index (χ0) is 22.6. The Bertz CT molecular complexity index is 802. The molecule has 172 valence electrons. The molecule has 0 aromatic rings. The molecule has 6 nitrogen and oxygen atoms in total. The summed E-state index contributed by atoms with van der Waals surface area (Å²) < 4.78 is 17.2. The van der Waals surface area contributed by atoms with Gasteiger partial charge in [0.25, 0.3) is 0 Å². The lowest BCUT2D eigenvalue weighted by atomic mass is 9.47. The molecule has 3 fully saturated rings. The Kier molecular flexibility index (Phi) is 5.72. The Labute approximate surface area is 185 Å². The van der Waals surface area contributed by atoms with Gasteiger partial charge in [-0.2, -0.15) is 0 Å². The Morgan fingerprint density at radius 3 is 2.16 bits per heavy atom. The van der Waals surface area contributed by atoms with E-state index < -0.39 is 0 Å². The number of esters is 3. The molecule has 0 radical (unpaired) electrons. The summed E-state index contributed by atoms with van der Waals surface area (Å²) in [6.07, 6.45) is 8.20. The Balaban J connectivity index is 1.68. The summed E-state index contributed by atoms with van der Waals surface area (Å²) in [5.41, 5.74) is 1.22. The van der Waals surface area contributed by atoms with Gasteiger partial charge in [0.2, 0.25) is 0 Å². The third kappa shape index (κ3) is 3.80. The largest absolute Gasteiger partial charge is 0.462 e. The Hall–Kier alpha value is -1.85. The van der Waals surface area contributed by atoms with E-state index in [0.29, 0.717) is 11.8 Å². The molecular weight excluding hydrogens is 396 g/mol. The average Bonchev–Trinajstić information content (AvgIpc) is 2.98. The number of hydrogen-bond acceptors (Lipinski definition) is 6. The summed E-state index contributed by atoms with van der Waals surface area (Å²) in [5, 5.41) is 0. The molecule has 0 spiro atoms. The third-order valence-electron chi connectivity index (χ3n) is 8.92. The van der Waals surface area contributed by atoms with E-state index in [0.717, 1.165) is 44.9 Å². The molecule has 0 aromatic carbocycles. The molecule has 0 bridgehead atoms. The van der Waals surface area contributed by atoms with Crippen molar-refractivity contribution in [2.24, 2.45) is 28.6 Å². The number of rotatable bonds is 3. The molecule has 0 amide bonds. The Morgan fingerprint density at radius 2 is 1.52 bits per heavy atom. The van der Waals surface area contributed by atoms with Crippen LogP contribution in [0.5, 0.6) is 0 Å². The van der Waals surface area contributed by atoms with Crippen LogP contribution in [0.1, 0.15) is 79.6 Å². The molecule has 3 saturated carbocycles. The fraction of sp³-hybridized carbons (Fsp3) is 0.800. The van der Waals surface area contributed by atoms with Crippen molar-refractivity contribution >= 4 is 17.9 Å². The molecule has 0 aromatic heterocycles. The van der Waals surface area contributed by atoms with Crippen LogP contribution in [0.4, 0.5) is 0 Å². The monoisotopic (exact) mass is 432 g/mol. The minimum absolute atomic E-state index is 0.0266. The van der Waals surface area contributed by atoms with Gasteiger partial charge in [0.15, 0.2) is 0 Å². The molecule has 0 heterocycles. The quantitative estimate of drug-likeness (QED) is 0.375. The standard InChI is InChI=1S/C25H36O6/c1-14(26)29-18-8-10-24(4)17(12-18)13-21(30-15(2)27)23-19-6-7-22(31-16(3)28)25(19,5)11-9-20(23)24/h13,18-23H,6-12H2,1-5H3/t18-,19?,20?,21-,22-,23?,24-,25-/m0/s1. The van der Waals surface area contributed by atoms with Gasteiger partial charge in [-0.25, -0.2) is 0 Å². The van der Waals surface area contributed by atoms with Gasteiger partial charge >= 0.3 is 17.9 Å². The minimum Gasteiger partial charge on any atom is -0.462 e. The Morgan fingerprint density at radius 1 is 0.839 bits per heavy atom. The summed E-state index contributed by atoms with van der Waals surface area (Å²) in [5.74, 6) is 0.257. The van der Waals surface area contributed by atoms with Crippen LogP contribution in [0.15, 0.2) is 11.6 Å². The highest BCUT2D eigenvalue weighted by Crippen LogP contribution is 2.65. The van der Waals surface area contributed by atoms with Crippen molar-refractivity contribution in [3.05, 3.63) is 11.6 Å². The normalized spacial score (nSPS) is 43.6. The maximum atomic E-state index is 12.0. The van der Waals surface area contributed by atoms with E-state index >= 15 is 0 Å². The van der Waals surface area contributed by atoms with Crippen LogP contribution in [0.25, 0.3) is 0 Å². The summed E-state index contributed by atoms with van der Waals surface area (Å²) in [4.78, 5) is 35.3. The second-order valence-corrected chi connectivity index (χ2v) is 10.7. The second kappa shape index (κ2) is 7.93. The van der Waals surface area contributed by atoms with Crippen LogP contribution in [0.2, 0.25) is 0 Å². The first-order valence-corrected chi connectivity index (χ1v) is 11.8. The lowest BCUT2D eigenvalue weighted by Gasteiger charge is -2.59. The van der Waals surface area contributed by atoms with Crippen LogP contribution in [-0.4, -0.2) is 36.2 Å². The summed E-state index contributed by atoms with van der Waals surface area (Å²) in [6.45, 7) is 9.04.